The fourth-order valence-electron chi connectivity index (χ4n) is 4.85. The Bertz CT molecular complexity index is 1540. The van der Waals surface area contributed by atoms with Gasteiger partial charge in [-0.1, -0.05) is 91.3 Å². The first-order valence-electron chi connectivity index (χ1n) is 13.8. The van der Waals surface area contributed by atoms with Gasteiger partial charge in [-0.2, -0.15) is 0 Å². The van der Waals surface area contributed by atoms with Gasteiger partial charge in [0, 0.05) is 18.7 Å². The summed E-state index contributed by atoms with van der Waals surface area (Å²) in [5.74, 6) is -1.08. The van der Waals surface area contributed by atoms with Gasteiger partial charge in [-0.25, -0.2) is 18.0 Å². The van der Waals surface area contributed by atoms with Crippen LogP contribution < -0.4 is 10.0 Å². The number of rotatable bonds is 12. The van der Waals surface area contributed by atoms with Crippen molar-refractivity contribution in [2.45, 2.75) is 45.3 Å². The molecule has 42 heavy (non-hydrogen) atoms. The third kappa shape index (κ3) is 8.29. The molecule has 0 spiro atoms. The zero-order chi connectivity index (χ0) is 30.1. The zero-order valence-corrected chi connectivity index (χ0v) is 24.5. The number of hydrogen-bond donors (Lipinski definition) is 2. The second-order valence-electron chi connectivity index (χ2n) is 10.2. The van der Waals surface area contributed by atoms with Crippen LogP contribution in [0.3, 0.4) is 0 Å². The third-order valence-corrected chi connectivity index (χ3v) is 7.56. The fraction of sp³-hybridized carbons (Fsp3) is 0.281. The summed E-state index contributed by atoms with van der Waals surface area (Å²) in [5.41, 5.74) is 4.54. The van der Waals surface area contributed by atoms with Gasteiger partial charge in [-0.05, 0) is 42.0 Å². The molecular formula is C32H35N3O6S. The van der Waals surface area contributed by atoms with Crippen molar-refractivity contribution < 1.29 is 27.5 Å². The predicted octanol–water partition coefficient (Wildman–Crippen LogP) is 5.07. The molecular weight excluding hydrogens is 554 g/mol. The highest BCUT2D eigenvalue weighted by atomic mass is 32.2. The molecule has 0 aromatic heterocycles. The molecule has 3 amide bonds. The third-order valence-electron chi connectivity index (χ3n) is 6.96. The first kappa shape index (κ1) is 30.5. The highest BCUT2D eigenvalue weighted by molar-refractivity contribution is 7.89. The van der Waals surface area contributed by atoms with Crippen molar-refractivity contribution in [3.63, 3.8) is 0 Å². The number of unbranched alkanes of at least 4 members (excludes halogenated alkanes) is 2. The summed E-state index contributed by atoms with van der Waals surface area (Å²) in [6.45, 7) is 2.16. The largest absolute Gasteiger partial charge is 0.457 e. The number of nitrogens with zero attached hydrogens (tertiary/aromatic N) is 1. The van der Waals surface area contributed by atoms with Crippen LogP contribution in [0.2, 0.25) is 0 Å². The Labute approximate surface area is 246 Å². The Hall–Kier alpha value is -4.44. The summed E-state index contributed by atoms with van der Waals surface area (Å²) in [7, 11) is -3.59. The summed E-state index contributed by atoms with van der Waals surface area (Å²) in [6, 6.07) is 26.0. The zero-order valence-electron chi connectivity index (χ0n) is 23.7. The summed E-state index contributed by atoms with van der Waals surface area (Å²) in [4.78, 5) is 40.0. The lowest BCUT2D eigenvalue weighted by molar-refractivity contribution is -0.141. The van der Waals surface area contributed by atoms with E-state index >= 15 is 0 Å². The molecule has 2 N–H and O–H groups in total. The molecule has 1 unspecified atom stereocenters. The standard InChI is InChI=1S/C32H35N3O6S/c1-23-29(31(37)41-22-24-12-6-3-7-13-24)30(27-19-17-26(18-20-27)25-14-8-4-9-15-25)33-32(38)35(23)21-11-5-10-16-28(36)34-42(2,39)40/h3-4,6-9,12-15,17-20,30H,5,10-11,16,21-22H2,1-2H3,(H,33,38)(H,34,36). The van der Waals surface area contributed by atoms with Gasteiger partial charge in [0.15, 0.2) is 0 Å². The minimum absolute atomic E-state index is 0.0617. The Morgan fingerprint density at radius 2 is 1.50 bits per heavy atom. The molecule has 3 aromatic rings. The number of sulfonamides is 1. The number of urea groups is 1. The van der Waals surface area contributed by atoms with Crippen LogP contribution in [0.25, 0.3) is 11.1 Å². The second kappa shape index (κ2) is 14.0. The molecule has 3 aromatic carbocycles. The Balaban J connectivity index is 1.51. The number of amides is 3. The Morgan fingerprint density at radius 3 is 2.14 bits per heavy atom. The number of benzene rings is 3. The van der Waals surface area contributed by atoms with Crippen LogP contribution >= 0.6 is 0 Å². The lowest BCUT2D eigenvalue weighted by Gasteiger charge is -2.35. The minimum atomic E-state index is -3.59. The SMILES string of the molecule is CC1=C(C(=O)OCc2ccccc2)C(c2ccc(-c3ccccc3)cc2)NC(=O)N1CCCCCC(=O)NS(C)(=O)=O. The van der Waals surface area contributed by atoms with E-state index in [9.17, 15) is 22.8 Å². The van der Waals surface area contributed by atoms with Gasteiger partial charge < -0.3 is 10.1 Å². The number of ether oxygens (including phenoxy) is 1. The van der Waals surface area contributed by atoms with Crippen LogP contribution in [0.5, 0.6) is 0 Å². The van der Waals surface area contributed by atoms with Gasteiger partial charge in [0.1, 0.15) is 6.61 Å². The van der Waals surface area contributed by atoms with Crippen molar-refractivity contribution in [1.29, 1.82) is 0 Å². The van der Waals surface area contributed by atoms with Crippen molar-refractivity contribution in [2.24, 2.45) is 0 Å². The molecule has 0 fully saturated rings. The van der Waals surface area contributed by atoms with Gasteiger partial charge in [-0.3, -0.25) is 14.4 Å². The lowest BCUT2D eigenvalue weighted by atomic mass is 9.93. The average molecular weight is 590 g/mol. The summed E-state index contributed by atoms with van der Waals surface area (Å²) in [5, 5.41) is 2.98. The van der Waals surface area contributed by atoms with Crippen LogP contribution in [0.1, 0.15) is 49.8 Å². The van der Waals surface area contributed by atoms with E-state index in [1.807, 2.05) is 89.7 Å². The molecule has 1 aliphatic rings. The van der Waals surface area contributed by atoms with E-state index in [0.29, 0.717) is 37.1 Å². The van der Waals surface area contributed by atoms with E-state index in [1.54, 1.807) is 6.92 Å². The van der Waals surface area contributed by atoms with Gasteiger partial charge in [0.25, 0.3) is 0 Å². The number of hydrogen-bond acceptors (Lipinski definition) is 6. The molecule has 1 aliphatic heterocycles. The number of esters is 1. The van der Waals surface area contributed by atoms with Crippen LogP contribution in [-0.4, -0.2) is 44.0 Å². The van der Waals surface area contributed by atoms with Gasteiger partial charge in [0.05, 0.1) is 17.9 Å². The molecule has 0 radical (unpaired) electrons. The van der Waals surface area contributed by atoms with Crippen molar-refractivity contribution in [3.8, 4) is 11.1 Å². The fourth-order valence-corrected chi connectivity index (χ4v) is 5.37. The summed E-state index contributed by atoms with van der Waals surface area (Å²) in [6.07, 6.45) is 2.60. The molecule has 0 bridgehead atoms. The molecule has 0 saturated carbocycles. The average Bonchev–Trinajstić information content (AvgIpc) is 2.97. The van der Waals surface area contributed by atoms with Crippen molar-refractivity contribution >= 4 is 27.9 Å². The molecule has 0 aliphatic carbocycles. The van der Waals surface area contributed by atoms with Crippen molar-refractivity contribution in [1.82, 2.24) is 14.9 Å². The van der Waals surface area contributed by atoms with E-state index in [2.05, 4.69) is 5.32 Å². The van der Waals surface area contributed by atoms with Crippen LogP contribution in [0.4, 0.5) is 4.79 Å². The first-order valence-corrected chi connectivity index (χ1v) is 15.7. The van der Waals surface area contributed by atoms with Crippen molar-refractivity contribution in [3.05, 3.63) is 107 Å². The van der Waals surface area contributed by atoms with Gasteiger partial charge in [0.2, 0.25) is 15.9 Å². The van der Waals surface area contributed by atoms with E-state index in [0.717, 1.165) is 28.5 Å². The molecule has 9 nitrogen and oxygen atoms in total. The molecule has 10 heteroatoms. The minimum Gasteiger partial charge on any atom is -0.457 e. The smallest absolute Gasteiger partial charge is 0.338 e. The Morgan fingerprint density at radius 1 is 0.881 bits per heavy atom. The lowest BCUT2D eigenvalue weighted by Crippen LogP contribution is -2.48. The number of carbonyl (C=O) groups is 3. The molecule has 1 heterocycles. The molecule has 4 rings (SSSR count). The maximum absolute atomic E-state index is 13.5. The van der Waals surface area contributed by atoms with Crippen LogP contribution in [-0.2, 0) is 31.0 Å². The predicted molar refractivity (Wildman–Crippen MR) is 160 cm³/mol. The number of allylic oxidation sites excluding steroid dienone is 1. The second-order valence-corrected chi connectivity index (χ2v) is 11.9. The maximum Gasteiger partial charge on any atom is 0.338 e. The summed E-state index contributed by atoms with van der Waals surface area (Å²) < 4.78 is 30.1. The number of carbonyl (C=O) groups excluding carboxylic acids is 3. The molecule has 0 saturated heterocycles. The molecule has 1 atom stereocenters. The van der Waals surface area contributed by atoms with Crippen LogP contribution in [0.15, 0.2) is 96.2 Å². The monoisotopic (exact) mass is 589 g/mol. The Kier molecular flexibility index (Phi) is 10.1. The van der Waals surface area contributed by atoms with E-state index in [4.69, 9.17) is 4.74 Å². The van der Waals surface area contributed by atoms with E-state index in [1.165, 1.54) is 4.90 Å². The van der Waals surface area contributed by atoms with Crippen molar-refractivity contribution in [2.75, 3.05) is 12.8 Å². The van der Waals surface area contributed by atoms with Gasteiger partial charge in [-0.15, -0.1) is 0 Å². The highest BCUT2D eigenvalue weighted by Crippen LogP contribution is 2.33. The number of nitrogens with one attached hydrogen (secondary N) is 2. The normalized spacial score (nSPS) is 15.2. The highest BCUT2D eigenvalue weighted by Gasteiger charge is 2.36. The quantitative estimate of drug-likeness (QED) is 0.225. The molecule has 220 valence electrons. The maximum atomic E-state index is 13.5. The van der Waals surface area contributed by atoms with Gasteiger partial charge >= 0.3 is 12.0 Å². The topological polar surface area (TPSA) is 122 Å². The van der Waals surface area contributed by atoms with E-state index < -0.39 is 27.9 Å². The van der Waals surface area contributed by atoms with Crippen LogP contribution in [0, 0.1) is 0 Å². The first-order chi connectivity index (χ1) is 20.1. The van der Waals surface area contributed by atoms with E-state index in [-0.39, 0.29) is 19.1 Å². The summed E-state index contributed by atoms with van der Waals surface area (Å²) >= 11 is 0.